The van der Waals surface area contributed by atoms with E-state index in [-0.39, 0.29) is 11.3 Å². The maximum Gasteiger partial charge on any atom is 0.272 e. The van der Waals surface area contributed by atoms with Gasteiger partial charge < -0.3 is 10.2 Å². The van der Waals surface area contributed by atoms with E-state index in [1.54, 1.807) is 31.7 Å². The van der Waals surface area contributed by atoms with Crippen molar-refractivity contribution in [1.82, 2.24) is 24.8 Å². The van der Waals surface area contributed by atoms with Crippen molar-refractivity contribution in [3.63, 3.8) is 0 Å². The van der Waals surface area contributed by atoms with Crippen molar-refractivity contribution >= 4 is 11.7 Å². The lowest BCUT2D eigenvalue weighted by Gasteiger charge is -2.45. The summed E-state index contributed by atoms with van der Waals surface area (Å²) in [5.74, 6) is 1.52. The van der Waals surface area contributed by atoms with Gasteiger partial charge in [-0.1, -0.05) is 0 Å². The van der Waals surface area contributed by atoms with E-state index in [4.69, 9.17) is 0 Å². The first-order valence-electron chi connectivity index (χ1n) is 8.25. The van der Waals surface area contributed by atoms with Gasteiger partial charge in [-0.2, -0.15) is 0 Å². The summed E-state index contributed by atoms with van der Waals surface area (Å²) >= 11 is 0. The fraction of sp³-hybridized carbons (Fsp3) is 0.471. The van der Waals surface area contributed by atoms with Crippen LogP contribution in [0.3, 0.4) is 0 Å². The predicted molar refractivity (Wildman–Crippen MR) is 88.4 cm³/mol. The number of amides is 1. The number of anilines is 1. The standard InChI is InChI=1S/C17H20N6O/c1-12-19-6-2-14(21-12)16(24)23-7-4-17(10-23)8-13(9-17)22-15-3-5-18-11-20-15/h2-3,5-6,11,13H,4,7-10H2,1H3,(H,18,20,22). The van der Waals surface area contributed by atoms with Crippen LogP contribution in [-0.2, 0) is 0 Å². The van der Waals surface area contributed by atoms with Crippen molar-refractivity contribution in [2.45, 2.75) is 32.2 Å². The Bertz CT molecular complexity index is 744. The monoisotopic (exact) mass is 324 g/mol. The summed E-state index contributed by atoms with van der Waals surface area (Å²) in [5.41, 5.74) is 0.747. The van der Waals surface area contributed by atoms with Crippen molar-refractivity contribution in [3.05, 3.63) is 42.4 Å². The third-order valence-electron chi connectivity index (χ3n) is 5.01. The van der Waals surface area contributed by atoms with Crippen LogP contribution in [0.4, 0.5) is 5.82 Å². The quantitative estimate of drug-likeness (QED) is 0.925. The van der Waals surface area contributed by atoms with Gasteiger partial charge in [0.2, 0.25) is 0 Å². The topological polar surface area (TPSA) is 83.9 Å². The number of nitrogens with zero attached hydrogens (tertiary/aromatic N) is 5. The average Bonchev–Trinajstić information content (AvgIpc) is 3.00. The molecule has 24 heavy (non-hydrogen) atoms. The molecule has 0 atom stereocenters. The van der Waals surface area contributed by atoms with Gasteiger partial charge in [0.1, 0.15) is 23.7 Å². The van der Waals surface area contributed by atoms with Gasteiger partial charge in [-0.3, -0.25) is 4.79 Å². The van der Waals surface area contributed by atoms with E-state index < -0.39 is 0 Å². The number of rotatable bonds is 3. The summed E-state index contributed by atoms with van der Waals surface area (Å²) < 4.78 is 0. The number of likely N-dealkylation sites (tertiary alicyclic amines) is 1. The second kappa shape index (κ2) is 5.81. The van der Waals surface area contributed by atoms with Crippen LogP contribution in [-0.4, -0.2) is 49.9 Å². The number of carbonyl (C=O) groups excluding carboxylic acids is 1. The Hall–Kier alpha value is -2.57. The van der Waals surface area contributed by atoms with Crippen LogP contribution in [0.2, 0.25) is 0 Å². The number of aromatic nitrogens is 4. The zero-order valence-electron chi connectivity index (χ0n) is 13.6. The lowest BCUT2D eigenvalue weighted by molar-refractivity contribution is 0.0710. The molecule has 0 aromatic carbocycles. The maximum absolute atomic E-state index is 12.6. The molecule has 0 unspecified atom stereocenters. The van der Waals surface area contributed by atoms with Crippen molar-refractivity contribution in [2.24, 2.45) is 5.41 Å². The highest BCUT2D eigenvalue weighted by Crippen LogP contribution is 2.49. The normalized spacial score (nSPS) is 25.5. The highest BCUT2D eigenvalue weighted by atomic mass is 16.2. The largest absolute Gasteiger partial charge is 0.367 e. The van der Waals surface area contributed by atoms with Crippen LogP contribution in [0.5, 0.6) is 0 Å². The van der Waals surface area contributed by atoms with Crippen molar-refractivity contribution in [1.29, 1.82) is 0 Å². The van der Waals surface area contributed by atoms with E-state index in [1.165, 1.54) is 0 Å². The number of aryl methyl sites for hydroxylation is 1. The molecule has 1 saturated heterocycles. The zero-order valence-corrected chi connectivity index (χ0v) is 13.6. The van der Waals surface area contributed by atoms with Gasteiger partial charge in [-0.05, 0) is 43.7 Å². The molecule has 2 aromatic heterocycles. The molecule has 1 N–H and O–H groups in total. The van der Waals surface area contributed by atoms with Gasteiger partial charge in [0.05, 0.1) is 0 Å². The summed E-state index contributed by atoms with van der Waals surface area (Å²) in [4.78, 5) is 31.0. The summed E-state index contributed by atoms with van der Waals surface area (Å²) in [7, 11) is 0. The molecule has 1 aliphatic carbocycles. The number of carbonyl (C=O) groups is 1. The predicted octanol–water partition coefficient (Wildman–Crippen LogP) is 1.68. The fourth-order valence-corrected chi connectivity index (χ4v) is 3.85. The molecule has 0 radical (unpaired) electrons. The molecule has 2 aliphatic rings. The molecular formula is C17H20N6O. The van der Waals surface area contributed by atoms with Gasteiger partial charge in [-0.25, -0.2) is 19.9 Å². The summed E-state index contributed by atoms with van der Waals surface area (Å²) in [5, 5.41) is 3.44. The first kappa shape index (κ1) is 15.0. The first-order valence-corrected chi connectivity index (χ1v) is 8.25. The molecule has 2 aromatic rings. The van der Waals surface area contributed by atoms with Crippen LogP contribution in [0.25, 0.3) is 0 Å². The average molecular weight is 324 g/mol. The minimum atomic E-state index is 0.0181. The van der Waals surface area contributed by atoms with Crippen LogP contribution in [0, 0.1) is 12.3 Å². The molecule has 1 saturated carbocycles. The molecule has 124 valence electrons. The van der Waals surface area contributed by atoms with Gasteiger partial charge in [0, 0.05) is 31.5 Å². The molecule has 4 rings (SSSR count). The molecule has 2 fully saturated rings. The minimum Gasteiger partial charge on any atom is -0.367 e. The second-order valence-corrected chi connectivity index (χ2v) is 6.81. The molecular weight excluding hydrogens is 304 g/mol. The highest BCUT2D eigenvalue weighted by molar-refractivity contribution is 5.92. The number of hydrogen-bond acceptors (Lipinski definition) is 6. The van der Waals surface area contributed by atoms with Crippen LogP contribution in [0.1, 0.15) is 35.6 Å². The summed E-state index contributed by atoms with van der Waals surface area (Å²) in [6, 6.07) is 4.00. The SMILES string of the molecule is Cc1nccc(C(=O)N2CCC3(CC(Nc4ccncn4)C3)C2)n1. The van der Waals surface area contributed by atoms with Crippen LogP contribution >= 0.6 is 0 Å². The molecule has 1 aliphatic heterocycles. The van der Waals surface area contributed by atoms with Crippen LogP contribution in [0.15, 0.2) is 30.9 Å². The molecule has 7 heteroatoms. The summed E-state index contributed by atoms with van der Waals surface area (Å²) in [6.45, 7) is 3.43. The van der Waals surface area contributed by atoms with Gasteiger partial charge >= 0.3 is 0 Å². The fourth-order valence-electron chi connectivity index (χ4n) is 3.85. The Labute approximate surface area is 140 Å². The maximum atomic E-state index is 12.6. The second-order valence-electron chi connectivity index (χ2n) is 6.81. The number of hydrogen-bond donors (Lipinski definition) is 1. The first-order chi connectivity index (χ1) is 11.6. The number of nitrogens with one attached hydrogen (secondary N) is 1. The Kier molecular flexibility index (Phi) is 3.63. The Morgan fingerprint density at radius 1 is 1.29 bits per heavy atom. The Morgan fingerprint density at radius 3 is 2.92 bits per heavy atom. The highest BCUT2D eigenvalue weighted by Gasteiger charge is 2.49. The lowest BCUT2D eigenvalue weighted by atomic mass is 9.65. The molecule has 1 spiro atoms. The Morgan fingerprint density at radius 2 is 2.17 bits per heavy atom. The van der Waals surface area contributed by atoms with Crippen molar-refractivity contribution in [3.8, 4) is 0 Å². The summed E-state index contributed by atoms with van der Waals surface area (Å²) in [6.07, 6.45) is 8.14. The molecule has 0 bridgehead atoms. The smallest absolute Gasteiger partial charge is 0.272 e. The van der Waals surface area contributed by atoms with Gasteiger partial charge in [0.25, 0.3) is 5.91 Å². The molecule has 7 nitrogen and oxygen atoms in total. The Balaban J connectivity index is 1.35. The third kappa shape index (κ3) is 2.81. The zero-order chi connectivity index (χ0) is 16.6. The third-order valence-corrected chi connectivity index (χ3v) is 5.01. The van der Waals surface area contributed by atoms with E-state index in [1.807, 2.05) is 11.0 Å². The lowest BCUT2D eigenvalue weighted by Crippen LogP contribution is -2.47. The van der Waals surface area contributed by atoms with Crippen molar-refractivity contribution < 1.29 is 4.79 Å². The molecule has 3 heterocycles. The van der Waals surface area contributed by atoms with E-state index in [0.717, 1.165) is 38.2 Å². The van der Waals surface area contributed by atoms with Gasteiger partial charge in [0.15, 0.2) is 0 Å². The minimum absolute atomic E-state index is 0.0181. The van der Waals surface area contributed by atoms with E-state index in [2.05, 4.69) is 25.3 Å². The van der Waals surface area contributed by atoms with Crippen LogP contribution < -0.4 is 5.32 Å². The molecule has 1 amide bonds. The van der Waals surface area contributed by atoms with Crippen molar-refractivity contribution in [2.75, 3.05) is 18.4 Å². The van der Waals surface area contributed by atoms with Gasteiger partial charge in [-0.15, -0.1) is 0 Å². The van der Waals surface area contributed by atoms with E-state index >= 15 is 0 Å². The van der Waals surface area contributed by atoms with E-state index in [0.29, 0.717) is 17.6 Å². The van der Waals surface area contributed by atoms with E-state index in [9.17, 15) is 4.79 Å².